The van der Waals surface area contributed by atoms with E-state index in [-0.39, 0.29) is 18.0 Å². The van der Waals surface area contributed by atoms with Crippen molar-refractivity contribution >= 4 is 23.3 Å². The molecule has 30 heavy (non-hydrogen) atoms. The Kier molecular flexibility index (Phi) is 5.08. The normalized spacial score (nSPS) is 22.3. The Morgan fingerprint density at radius 2 is 1.83 bits per heavy atom. The maximum absolute atomic E-state index is 13.6. The Morgan fingerprint density at radius 1 is 1.10 bits per heavy atom. The van der Waals surface area contributed by atoms with Gasteiger partial charge >= 0.3 is 6.03 Å². The van der Waals surface area contributed by atoms with Crippen LogP contribution in [0.3, 0.4) is 0 Å². The van der Waals surface area contributed by atoms with Gasteiger partial charge in [-0.25, -0.2) is 4.79 Å². The van der Waals surface area contributed by atoms with Crippen LogP contribution in [0, 0.1) is 0 Å². The number of morpholine rings is 1. The van der Waals surface area contributed by atoms with Gasteiger partial charge in [-0.05, 0) is 37.5 Å². The summed E-state index contributed by atoms with van der Waals surface area (Å²) in [5, 5.41) is 3.13. The molecule has 6 nitrogen and oxygen atoms in total. The van der Waals surface area contributed by atoms with Crippen molar-refractivity contribution in [2.24, 2.45) is 0 Å². The molecule has 2 aliphatic heterocycles. The van der Waals surface area contributed by atoms with Gasteiger partial charge in [-0.1, -0.05) is 30.3 Å². The molecule has 2 aromatic rings. The zero-order chi connectivity index (χ0) is 20.7. The van der Waals surface area contributed by atoms with Crippen molar-refractivity contribution < 1.29 is 14.3 Å². The molecule has 1 saturated heterocycles. The van der Waals surface area contributed by atoms with Gasteiger partial charge in [0.2, 0.25) is 0 Å². The van der Waals surface area contributed by atoms with Gasteiger partial charge in [-0.2, -0.15) is 0 Å². The molecule has 0 bridgehead atoms. The number of amides is 3. The molecular weight excluding hydrogens is 398 g/mol. The summed E-state index contributed by atoms with van der Waals surface area (Å²) >= 11 is 1.63. The smallest absolute Gasteiger partial charge is 0.322 e. The van der Waals surface area contributed by atoms with Gasteiger partial charge in [0.05, 0.1) is 24.8 Å². The predicted octanol–water partition coefficient (Wildman–Crippen LogP) is 3.78. The molecule has 0 spiro atoms. The average molecular weight is 424 g/mol. The minimum Gasteiger partial charge on any atom is -0.378 e. The molecule has 3 amide bonds. The minimum absolute atomic E-state index is 0.00103. The molecule has 1 atom stereocenters. The molecule has 1 aromatic heterocycles. The van der Waals surface area contributed by atoms with Crippen LogP contribution in [0.1, 0.15) is 30.7 Å². The molecule has 3 heterocycles. The number of hydrogen-bond donors (Lipinski definition) is 1. The van der Waals surface area contributed by atoms with E-state index in [0.29, 0.717) is 31.9 Å². The number of ether oxygens (including phenoxy) is 1. The highest BCUT2D eigenvalue weighted by Gasteiger charge is 2.43. The summed E-state index contributed by atoms with van der Waals surface area (Å²) in [6.45, 7) is 4.19. The third-order valence-corrected chi connectivity index (χ3v) is 7.14. The third-order valence-electron chi connectivity index (χ3n) is 5.94. The van der Waals surface area contributed by atoms with Crippen LogP contribution in [-0.2, 0) is 9.53 Å². The fourth-order valence-corrected chi connectivity index (χ4v) is 5.30. The van der Waals surface area contributed by atoms with E-state index >= 15 is 0 Å². The Hall–Kier alpha value is -2.64. The molecule has 5 rings (SSSR count). The lowest BCUT2D eigenvalue weighted by Crippen LogP contribution is -2.51. The quantitative estimate of drug-likeness (QED) is 0.814. The van der Waals surface area contributed by atoms with Crippen molar-refractivity contribution in [3.05, 3.63) is 58.6 Å². The standard InChI is InChI=1S/C23H25N3O3S/c1-15-20(22(27)25-11-13-29-14-12-25)21(24-23(28)26(15)17-7-8-17)19-10-9-18(30-19)16-5-3-2-4-6-16/h2-6,9-10,17,21H,7-8,11-14H2,1H3,(H,24,28)/t21-/m0/s1. The van der Waals surface area contributed by atoms with E-state index in [4.69, 9.17) is 4.74 Å². The fourth-order valence-electron chi connectivity index (χ4n) is 4.22. The highest BCUT2D eigenvalue weighted by atomic mass is 32.1. The number of benzene rings is 1. The number of urea groups is 1. The monoisotopic (exact) mass is 423 g/mol. The number of allylic oxidation sites excluding steroid dienone is 1. The Bertz CT molecular complexity index is 990. The second-order valence-electron chi connectivity index (χ2n) is 7.96. The average Bonchev–Trinajstić information content (AvgIpc) is 3.48. The highest BCUT2D eigenvalue weighted by molar-refractivity contribution is 7.15. The number of hydrogen-bond acceptors (Lipinski definition) is 4. The minimum atomic E-state index is -0.426. The molecule has 1 N–H and O–H groups in total. The van der Waals surface area contributed by atoms with Gasteiger partial charge in [0, 0.05) is 34.6 Å². The number of nitrogens with zero attached hydrogens (tertiary/aromatic N) is 2. The summed E-state index contributed by atoms with van der Waals surface area (Å²) in [4.78, 5) is 32.2. The van der Waals surface area contributed by atoms with E-state index in [2.05, 4.69) is 23.5 Å². The van der Waals surface area contributed by atoms with Crippen LogP contribution >= 0.6 is 11.3 Å². The van der Waals surface area contributed by atoms with Crippen molar-refractivity contribution in [1.82, 2.24) is 15.1 Å². The number of nitrogens with one attached hydrogen (secondary N) is 1. The first kappa shape index (κ1) is 19.3. The van der Waals surface area contributed by atoms with Crippen LogP contribution in [0.2, 0.25) is 0 Å². The molecule has 1 saturated carbocycles. The second kappa shape index (κ2) is 7.89. The van der Waals surface area contributed by atoms with E-state index in [1.165, 1.54) is 0 Å². The van der Waals surface area contributed by atoms with Crippen LogP contribution in [0.4, 0.5) is 4.79 Å². The third kappa shape index (κ3) is 3.52. The van der Waals surface area contributed by atoms with Gasteiger partial charge in [0.25, 0.3) is 5.91 Å². The van der Waals surface area contributed by atoms with Crippen LogP contribution in [0.25, 0.3) is 10.4 Å². The van der Waals surface area contributed by atoms with Crippen molar-refractivity contribution in [2.75, 3.05) is 26.3 Å². The van der Waals surface area contributed by atoms with E-state index in [0.717, 1.165) is 33.9 Å². The van der Waals surface area contributed by atoms with Crippen molar-refractivity contribution in [3.8, 4) is 10.4 Å². The zero-order valence-corrected chi connectivity index (χ0v) is 17.8. The lowest BCUT2D eigenvalue weighted by molar-refractivity contribution is -0.131. The Balaban J connectivity index is 1.53. The summed E-state index contributed by atoms with van der Waals surface area (Å²) in [6.07, 6.45) is 1.98. The molecule has 1 aliphatic carbocycles. The molecule has 156 valence electrons. The van der Waals surface area contributed by atoms with Gasteiger partial charge in [-0.3, -0.25) is 9.69 Å². The predicted molar refractivity (Wildman–Crippen MR) is 116 cm³/mol. The van der Waals surface area contributed by atoms with Gasteiger partial charge in [-0.15, -0.1) is 11.3 Å². The summed E-state index contributed by atoms with van der Waals surface area (Å²) < 4.78 is 5.43. The molecule has 7 heteroatoms. The van der Waals surface area contributed by atoms with Gasteiger partial charge in [0.15, 0.2) is 0 Å². The van der Waals surface area contributed by atoms with E-state index in [9.17, 15) is 9.59 Å². The lowest BCUT2D eigenvalue weighted by atomic mass is 9.98. The van der Waals surface area contributed by atoms with Gasteiger partial charge in [0.1, 0.15) is 0 Å². The van der Waals surface area contributed by atoms with Crippen molar-refractivity contribution in [2.45, 2.75) is 31.8 Å². The maximum Gasteiger partial charge on any atom is 0.322 e. The van der Waals surface area contributed by atoms with Crippen LogP contribution < -0.4 is 5.32 Å². The number of carbonyl (C=O) groups excluding carboxylic acids is 2. The SMILES string of the molecule is CC1=C(C(=O)N2CCOCC2)[C@H](c2ccc(-c3ccccc3)s2)NC(=O)N1C1CC1. The van der Waals surface area contributed by atoms with Crippen LogP contribution in [0.5, 0.6) is 0 Å². The lowest BCUT2D eigenvalue weighted by Gasteiger charge is -2.38. The van der Waals surface area contributed by atoms with Crippen LogP contribution in [-0.4, -0.2) is 54.1 Å². The molecule has 3 aliphatic rings. The largest absolute Gasteiger partial charge is 0.378 e. The molecule has 2 fully saturated rings. The topological polar surface area (TPSA) is 61.9 Å². The number of rotatable bonds is 4. The Labute approximate surface area is 180 Å². The van der Waals surface area contributed by atoms with Crippen LogP contribution in [0.15, 0.2) is 53.7 Å². The molecule has 0 radical (unpaired) electrons. The number of carbonyl (C=O) groups is 2. The second-order valence-corrected chi connectivity index (χ2v) is 9.07. The van der Waals surface area contributed by atoms with E-state index < -0.39 is 6.04 Å². The van der Waals surface area contributed by atoms with Gasteiger partial charge < -0.3 is 15.0 Å². The Morgan fingerprint density at radius 3 is 2.53 bits per heavy atom. The van der Waals surface area contributed by atoms with E-state index in [1.807, 2.05) is 36.1 Å². The molecular formula is C23H25N3O3S. The first-order valence-corrected chi connectivity index (χ1v) is 11.3. The fraction of sp³-hybridized carbons (Fsp3) is 0.391. The summed E-state index contributed by atoms with van der Waals surface area (Å²) in [5.74, 6) is 0.00103. The molecule has 1 aromatic carbocycles. The first-order valence-electron chi connectivity index (χ1n) is 10.5. The van der Waals surface area contributed by atoms with Crippen molar-refractivity contribution in [1.29, 1.82) is 0 Å². The zero-order valence-electron chi connectivity index (χ0n) is 17.0. The summed E-state index contributed by atoms with van der Waals surface area (Å²) in [5.41, 5.74) is 2.61. The summed E-state index contributed by atoms with van der Waals surface area (Å²) in [7, 11) is 0. The molecule has 0 unspecified atom stereocenters. The summed E-state index contributed by atoms with van der Waals surface area (Å²) in [6, 6.07) is 14.0. The number of thiophene rings is 1. The maximum atomic E-state index is 13.6. The van der Waals surface area contributed by atoms with E-state index in [1.54, 1.807) is 16.2 Å². The highest BCUT2D eigenvalue weighted by Crippen LogP contribution is 2.41. The van der Waals surface area contributed by atoms with Crippen molar-refractivity contribution in [3.63, 3.8) is 0 Å². The first-order chi connectivity index (χ1) is 14.6.